The summed E-state index contributed by atoms with van der Waals surface area (Å²) in [5.41, 5.74) is 4.38. The number of fused-ring (bicyclic) bond motifs is 5. The van der Waals surface area contributed by atoms with Crippen LogP contribution in [0.2, 0.25) is 0 Å². The molecule has 4 rings (SSSR count). The second kappa shape index (κ2) is 7.04. The normalized spacial score (nSPS) is 24.9. The lowest BCUT2D eigenvalue weighted by molar-refractivity contribution is -0.137. The van der Waals surface area contributed by atoms with Gasteiger partial charge in [-0.25, -0.2) is 4.79 Å². The minimum absolute atomic E-state index is 0.156. The Bertz CT molecular complexity index is 885. The van der Waals surface area contributed by atoms with Gasteiger partial charge >= 0.3 is 5.97 Å². The number of H-pyrrole nitrogens is 1. The molecule has 5 nitrogen and oxygen atoms in total. The lowest BCUT2D eigenvalue weighted by Gasteiger charge is -2.46. The van der Waals surface area contributed by atoms with Crippen molar-refractivity contribution in [2.75, 3.05) is 27.3 Å². The van der Waals surface area contributed by atoms with Crippen LogP contribution in [0.3, 0.4) is 0 Å². The fraction of sp³-hybridized carbons (Fsp3) is 0.500. The lowest BCUT2D eigenvalue weighted by atomic mass is 9.74. The number of carbonyl (C=O) groups excluding carboxylic acids is 1. The average molecular weight is 368 g/mol. The van der Waals surface area contributed by atoms with Gasteiger partial charge in [0.25, 0.3) is 0 Å². The summed E-state index contributed by atoms with van der Waals surface area (Å²) in [6, 6.07) is 6.44. The van der Waals surface area contributed by atoms with Crippen LogP contribution in [0, 0.1) is 11.8 Å². The molecule has 5 heteroatoms. The summed E-state index contributed by atoms with van der Waals surface area (Å²) in [5, 5.41) is 1.20. The van der Waals surface area contributed by atoms with E-state index in [0.29, 0.717) is 11.5 Å². The van der Waals surface area contributed by atoms with Crippen molar-refractivity contribution in [1.82, 2.24) is 9.88 Å². The Balaban J connectivity index is 1.74. The molecule has 0 spiro atoms. The molecule has 1 N–H and O–H groups in total. The number of aromatic nitrogens is 1. The number of hydrogen-bond acceptors (Lipinski definition) is 4. The van der Waals surface area contributed by atoms with Crippen LogP contribution in [0.4, 0.5) is 0 Å². The maximum Gasteiger partial charge on any atom is 0.333 e. The van der Waals surface area contributed by atoms with Gasteiger partial charge in [0.05, 0.1) is 20.3 Å². The molecule has 0 unspecified atom stereocenters. The molecule has 2 aliphatic rings. The van der Waals surface area contributed by atoms with Gasteiger partial charge in [0, 0.05) is 35.3 Å². The highest BCUT2D eigenvalue weighted by Crippen LogP contribution is 2.46. The third-order valence-corrected chi connectivity index (χ3v) is 6.50. The molecule has 0 aliphatic carbocycles. The van der Waals surface area contributed by atoms with Crippen LogP contribution in [-0.4, -0.2) is 43.2 Å². The van der Waals surface area contributed by atoms with Crippen LogP contribution >= 0.6 is 0 Å². The third-order valence-electron chi connectivity index (χ3n) is 6.50. The molecule has 2 aliphatic heterocycles. The van der Waals surface area contributed by atoms with Crippen molar-refractivity contribution in [3.8, 4) is 5.75 Å². The Morgan fingerprint density at radius 1 is 1.37 bits per heavy atom. The van der Waals surface area contributed by atoms with E-state index < -0.39 is 0 Å². The van der Waals surface area contributed by atoms with Gasteiger partial charge in [-0.05, 0) is 42.4 Å². The Hall–Kier alpha value is -2.27. The van der Waals surface area contributed by atoms with Crippen molar-refractivity contribution >= 4 is 16.9 Å². The van der Waals surface area contributed by atoms with Crippen molar-refractivity contribution in [2.24, 2.45) is 11.8 Å². The molecule has 3 atom stereocenters. The van der Waals surface area contributed by atoms with E-state index in [9.17, 15) is 4.79 Å². The molecule has 1 saturated heterocycles. The Kier molecular flexibility index (Phi) is 4.72. The molecular formula is C22H28N2O3. The zero-order valence-corrected chi connectivity index (χ0v) is 16.4. The van der Waals surface area contributed by atoms with Crippen LogP contribution in [0.25, 0.3) is 10.9 Å². The summed E-state index contributed by atoms with van der Waals surface area (Å²) in [7, 11) is 3.17. The highest BCUT2D eigenvalue weighted by atomic mass is 16.5. The van der Waals surface area contributed by atoms with Gasteiger partial charge in [-0.3, -0.25) is 4.90 Å². The summed E-state index contributed by atoms with van der Waals surface area (Å²) >= 11 is 0. The van der Waals surface area contributed by atoms with Crippen LogP contribution in [0.1, 0.15) is 37.1 Å². The van der Waals surface area contributed by atoms with E-state index in [-0.39, 0.29) is 17.9 Å². The van der Waals surface area contributed by atoms with Crippen molar-refractivity contribution in [2.45, 2.75) is 32.2 Å². The van der Waals surface area contributed by atoms with Gasteiger partial charge in [0.15, 0.2) is 0 Å². The monoisotopic (exact) mass is 368 g/mol. The van der Waals surface area contributed by atoms with Gasteiger partial charge in [-0.15, -0.1) is 0 Å². The number of hydrogen-bond donors (Lipinski definition) is 1. The Labute approximate surface area is 160 Å². The SMILES string of the molecule is C=C(C(=O)OC)[C@H]1C[C@H]2c3[nH]c4cccc(OC)c4c3CCN2C[C@H]1CC. The molecule has 0 amide bonds. The van der Waals surface area contributed by atoms with Gasteiger partial charge in [-0.1, -0.05) is 26.0 Å². The van der Waals surface area contributed by atoms with Crippen molar-refractivity contribution < 1.29 is 14.3 Å². The zero-order valence-electron chi connectivity index (χ0n) is 16.4. The number of rotatable bonds is 4. The Morgan fingerprint density at radius 2 is 2.19 bits per heavy atom. The summed E-state index contributed by atoms with van der Waals surface area (Å²) in [5.74, 6) is 1.24. The average Bonchev–Trinajstić information content (AvgIpc) is 3.10. The highest BCUT2D eigenvalue weighted by Gasteiger charge is 2.41. The first-order valence-electron chi connectivity index (χ1n) is 9.77. The second-order valence-corrected chi connectivity index (χ2v) is 7.69. The largest absolute Gasteiger partial charge is 0.496 e. The van der Waals surface area contributed by atoms with Gasteiger partial charge in [0.2, 0.25) is 0 Å². The molecule has 3 heterocycles. The van der Waals surface area contributed by atoms with Crippen molar-refractivity contribution in [3.05, 3.63) is 41.6 Å². The zero-order chi connectivity index (χ0) is 19.1. The first-order chi connectivity index (χ1) is 13.1. The predicted octanol–water partition coefficient (Wildman–Crippen LogP) is 3.85. The van der Waals surface area contributed by atoms with E-state index in [4.69, 9.17) is 9.47 Å². The fourth-order valence-corrected chi connectivity index (χ4v) is 5.08. The van der Waals surface area contributed by atoms with Crippen molar-refractivity contribution in [1.29, 1.82) is 0 Å². The van der Waals surface area contributed by atoms with Gasteiger partial charge in [0.1, 0.15) is 5.75 Å². The molecule has 0 saturated carbocycles. The highest BCUT2D eigenvalue weighted by molar-refractivity contribution is 5.91. The number of esters is 1. The van der Waals surface area contributed by atoms with Crippen LogP contribution < -0.4 is 4.74 Å². The maximum atomic E-state index is 12.1. The molecule has 0 bridgehead atoms. The van der Waals surface area contributed by atoms with Gasteiger partial charge < -0.3 is 14.5 Å². The second-order valence-electron chi connectivity index (χ2n) is 7.69. The first kappa shape index (κ1) is 18.1. The van der Waals surface area contributed by atoms with Crippen LogP contribution in [0.5, 0.6) is 5.75 Å². The van der Waals surface area contributed by atoms with E-state index in [1.165, 1.54) is 23.8 Å². The third kappa shape index (κ3) is 2.85. The standard InChI is InChI=1S/C22H28N2O3/c1-5-14-12-24-10-9-15-20-17(7-6-8-19(20)26-3)23-21(15)18(24)11-16(14)13(2)22(25)27-4/h6-8,14,16,18,23H,2,5,9-12H2,1,3-4H3/t14-,16-,18+/m1/s1. The molecular weight excluding hydrogens is 340 g/mol. The molecule has 0 radical (unpaired) electrons. The maximum absolute atomic E-state index is 12.1. The smallest absolute Gasteiger partial charge is 0.333 e. The quantitative estimate of drug-likeness (QED) is 0.658. The summed E-state index contributed by atoms with van der Waals surface area (Å²) in [4.78, 5) is 18.4. The van der Waals surface area contributed by atoms with Gasteiger partial charge in [-0.2, -0.15) is 0 Å². The summed E-state index contributed by atoms with van der Waals surface area (Å²) < 4.78 is 10.6. The fourth-order valence-electron chi connectivity index (χ4n) is 5.08. The number of ether oxygens (including phenoxy) is 2. The lowest BCUT2D eigenvalue weighted by Crippen LogP contribution is -2.46. The molecule has 144 valence electrons. The van der Waals surface area contributed by atoms with Crippen LogP contribution in [-0.2, 0) is 16.0 Å². The number of piperidine rings is 1. The van der Waals surface area contributed by atoms with Crippen LogP contribution in [0.15, 0.2) is 30.4 Å². The summed E-state index contributed by atoms with van der Waals surface area (Å²) in [6.07, 6.45) is 2.96. The first-order valence-corrected chi connectivity index (χ1v) is 9.77. The minimum atomic E-state index is -0.277. The molecule has 1 aromatic carbocycles. The van der Waals surface area contributed by atoms with E-state index in [0.717, 1.165) is 43.6 Å². The predicted molar refractivity (Wildman–Crippen MR) is 106 cm³/mol. The number of nitrogens with zero attached hydrogens (tertiary/aromatic N) is 1. The minimum Gasteiger partial charge on any atom is -0.496 e. The number of nitrogens with one attached hydrogen (secondary N) is 1. The molecule has 2 aromatic rings. The van der Waals surface area contributed by atoms with E-state index in [1.54, 1.807) is 7.11 Å². The number of benzene rings is 1. The Morgan fingerprint density at radius 3 is 2.89 bits per heavy atom. The number of methoxy groups -OCH3 is 2. The number of aromatic amines is 1. The van der Waals surface area contributed by atoms with Crippen molar-refractivity contribution in [3.63, 3.8) is 0 Å². The van der Waals surface area contributed by atoms with E-state index in [2.05, 4.69) is 29.5 Å². The summed E-state index contributed by atoms with van der Waals surface area (Å²) in [6.45, 7) is 8.32. The van der Waals surface area contributed by atoms with E-state index >= 15 is 0 Å². The topological polar surface area (TPSA) is 54.6 Å². The molecule has 27 heavy (non-hydrogen) atoms. The van der Waals surface area contributed by atoms with E-state index in [1.807, 2.05) is 12.1 Å². The number of carbonyl (C=O) groups is 1. The molecule has 1 fully saturated rings. The molecule has 1 aromatic heterocycles.